The Kier molecular flexibility index (Phi) is 7.56. The van der Waals surface area contributed by atoms with Crippen LogP contribution in [0.4, 0.5) is 5.69 Å². The molecule has 39 heavy (non-hydrogen) atoms. The van der Waals surface area contributed by atoms with Crippen LogP contribution in [0.1, 0.15) is 35.6 Å². The molecule has 2 atom stereocenters. The normalized spacial score (nSPS) is 17.1. The maximum absolute atomic E-state index is 12.7. The van der Waals surface area contributed by atoms with E-state index in [-0.39, 0.29) is 29.9 Å². The number of phenols is 1. The van der Waals surface area contributed by atoms with Crippen LogP contribution < -0.4 is 10.6 Å². The molecule has 9 nitrogen and oxygen atoms in total. The Morgan fingerprint density at radius 2 is 1.92 bits per heavy atom. The lowest BCUT2D eigenvalue weighted by Crippen LogP contribution is -2.47. The molecular formula is C29H31N3O6S. The third kappa shape index (κ3) is 6.39. The number of esters is 1. The van der Waals surface area contributed by atoms with Crippen molar-refractivity contribution in [3.63, 3.8) is 0 Å². The van der Waals surface area contributed by atoms with Gasteiger partial charge in [-0.2, -0.15) is 0 Å². The quantitative estimate of drug-likeness (QED) is 0.328. The molecule has 2 unspecified atom stereocenters. The van der Waals surface area contributed by atoms with Crippen molar-refractivity contribution in [2.24, 2.45) is 5.92 Å². The van der Waals surface area contributed by atoms with Crippen LogP contribution >= 0.6 is 0 Å². The van der Waals surface area contributed by atoms with Gasteiger partial charge in [-0.05, 0) is 47.9 Å². The largest absolute Gasteiger partial charge is 0.507 e. The molecule has 1 aromatic heterocycles. The van der Waals surface area contributed by atoms with Crippen molar-refractivity contribution in [1.29, 1.82) is 0 Å². The number of amides is 1. The van der Waals surface area contributed by atoms with Gasteiger partial charge >= 0.3 is 5.97 Å². The van der Waals surface area contributed by atoms with E-state index in [4.69, 9.17) is 4.74 Å². The van der Waals surface area contributed by atoms with Gasteiger partial charge < -0.3 is 20.5 Å². The number of nitrogens with one attached hydrogen (secondary N) is 2. The van der Waals surface area contributed by atoms with Crippen molar-refractivity contribution in [2.75, 3.05) is 23.9 Å². The molecular weight excluding hydrogens is 518 g/mol. The van der Waals surface area contributed by atoms with Gasteiger partial charge in [0.2, 0.25) is 5.91 Å². The number of rotatable bonds is 10. The average molecular weight is 550 g/mol. The molecule has 3 N–H and O–H groups in total. The van der Waals surface area contributed by atoms with E-state index in [9.17, 15) is 23.1 Å². The Morgan fingerprint density at radius 1 is 1.15 bits per heavy atom. The highest BCUT2D eigenvalue weighted by molar-refractivity contribution is 7.91. The van der Waals surface area contributed by atoms with Crippen LogP contribution in [-0.2, 0) is 37.0 Å². The number of para-hydroxylation sites is 1. The fourth-order valence-electron chi connectivity index (χ4n) is 4.96. The smallest absolute Gasteiger partial charge is 0.329 e. The molecule has 1 aliphatic carbocycles. The number of aromatic nitrogens is 1. The SMILES string of the molecule is COC(=O)C(CS(=O)(=O)CC1CC1)NC(=O)Cc1ccc(-c2cccc(C3Cc4ccncc4N3)c2O)cc1. The maximum atomic E-state index is 12.7. The standard InChI is InChI=1S/C29H31N3O6S/c1-38-29(35)26(17-39(36,37)16-19-5-6-19)32-27(33)13-18-7-9-20(10-8-18)22-3-2-4-23(28(22)34)24-14-21-11-12-30-15-25(21)31-24/h2-4,7-12,15,19,24,26,31,34H,5-6,13-14,16-17H2,1H3,(H,32,33). The molecule has 2 heterocycles. The lowest BCUT2D eigenvalue weighted by atomic mass is 9.95. The number of pyridine rings is 1. The summed E-state index contributed by atoms with van der Waals surface area (Å²) in [5, 5.41) is 17.1. The fourth-order valence-corrected chi connectivity index (χ4v) is 6.88. The molecule has 0 spiro atoms. The predicted octanol–water partition coefficient (Wildman–Crippen LogP) is 3.19. The van der Waals surface area contributed by atoms with Crippen LogP contribution in [0.5, 0.6) is 5.75 Å². The molecule has 0 bridgehead atoms. The maximum Gasteiger partial charge on any atom is 0.329 e. The highest BCUT2D eigenvalue weighted by Crippen LogP contribution is 2.41. The van der Waals surface area contributed by atoms with Crippen molar-refractivity contribution >= 4 is 27.4 Å². The second-order valence-corrected chi connectivity index (χ2v) is 12.4. The number of hydrogen-bond acceptors (Lipinski definition) is 8. The van der Waals surface area contributed by atoms with Crippen LogP contribution in [0.2, 0.25) is 0 Å². The number of anilines is 1. The Balaban J connectivity index is 1.24. The van der Waals surface area contributed by atoms with Crippen molar-refractivity contribution in [3.8, 4) is 16.9 Å². The summed E-state index contributed by atoms with van der Waals surface area (Å²) >= 11 is 0. The van der Waals surface area contributed by atoms with Gasteiger partial charge in [0.25, 0.3) is 0 Å². The van der Waals surface area contributed by atoms with E-state index in [0.717, 1.165) is 48.8 Å². The molecule has 1 amide bonds. The summed E-state index contributed by atoms with van der Waals surface area (Å²) in [6.45, 7) is 0. The first-order valence-electron chi connectivity index (χ1n) is 12.9. The summed E-state index contributed by atoms with van der Waals surface area (Å²) in [7, 11) is -2.34. The molecule has 1 saturated carbocycles. The number of benzene rings is 2. The van der Waals surface area contributed by atoms with Gasteiger partial charge in [-0.25, -0.2) is 13.2 Å². The fraction of sp³-hybridized carbons (Fsp3) is 0.345. The van der Waals surface area contributed by atoms with Crippen LogP contribution in [0.25, 0.3) is 11.1 Å². The van der Waals surface area contributed by atoms with E-state index in [1.807, 2.05) is 36.4 Å². The molecule has 0 radical (unpaired) electrons. The molecule has 1 fully saturated rings. The van der Waals surface area contributed by atoms with Gasteiger partial charge in [0.1, 0.15) is 11.8 Å². The lowest BCUT2D eigenvalue weighted by Gasteiger charge is -2.17. The lowest BCUT2D eigenvalue weighted by molar-refractivity contribution is -0.144. The van der Waals surface area contributed by atoms with E-state index in [1.54, 1.807) is 24.5 Å². The highest BCUT2D eigenvalue weighted by atomic mass is 32.2. The van der Waals surface area contributed by atoms with Gasteiger partial charge in [-0.1, -0.05) is 42.5 Å². The molecule has 3 aromatic rings. The van der Waals surface area contributed by atoms with Gasteiger partial charge in [-0.15, -0.1) is 0 Å². The van der Waals surface area contributed by atoms with Gasteiger partial charge in [0, 0.05) is 17.3 Å². The molecule has 10 heteroatoms. The number of hydrogen-bond donors (Lipinski definition) is 3. The third-order valence-electron chi connectivity index (χ3n) is 7.17. The number of ether oxygens (including phenoxy) is 1. The number of sulfone groups is 1. The molecule has 0 saturated heterocycles. The van der Waals surface area contributed by atoms with E-state index in [0.29, 0.717) is 11.1 Å². The monoisotopic (exact) mass is 549 g/mol. The number of carbonyl (C=O) groups is 2. The predicted molar refractivity (Wildman–Crippen MR) is 147 cm³/mol. The van der Waals surface area contributed by atoms with E-state index >= 15 is 0 Å². The van der Waals surface area contributed by atoms with Gasteiger partial charge in [0.15, 0.2) is 9.84 Å². The van der Waals surface area contributed by atoms with Crippen molar-refractivity contribution in [3.05, 3.63) is 77.6 Å². The molecule has 5 rings (SSSR count). The molecule has 1 aliphatic heterocycles. The van der Waals surface area contributed by atoms with Crippen molar-refractivity contribution in [1.82, 2.24) is 10.3 Å². The zero-order valence-corrected chi connectivity index (χ0v) is 22.4. The summed E-state index contributed by atoms with van der Waals surface area (Å²) < 4.78 is 29.6. The van der Waals surface area contributed by atoms with Crippen LogP contribution in [0.3, 0.4) is 0 Å². The first-order valence-corrected chi connectivity index (χ1v) is 14.7. The van der Waals surface area contributed by atoms with Gasteiger partial charge in [0.05, 0.1) is 43.0 Å². The number of aromatic hydroxyl groups is 1. The summed E-state index contributed by atoms with van der Waals surface area (Å²) in [5.74, 6) is -1.39. The summed E-state index contributed by atoms with van der Waals surface area (Å²) in [6.07, 6.45) is 5.99. The highest BCUT2D eigenvalue weighted by Gasteiger charge is 2.33. The van der Waals surface area contributed by atoms with Crippen LogP contribution in [0, 0.1) is 5.92 Å². The number of phenolic OH excluding ortho intramolecular Hbond substituents is 1. The first-order chi connectivity index (χ1) is 18.7. The minimum atomic E-state index is -3.50. The Hall–Kier alpha value is -3.92. The molecule has 204 valence electrons. The molecule has 2 aromatic carbocycles. The van der Waals surface area contributed by atoms with Gasteiger partial charge in [-0.3, -0.25) is 9.78 Å². The van der Waals surface area contributed by atoms with Crippen LogP contribution in [0.15, 0.2) is 60.9 Å². The topological polar surface area (TPSA) is 135 Å². The first kappa shape index (κ1) is 26.7. The number of carbonyl (C=O) groups excluding carboxylic acids is 2. The van der Waals surface area contributed by atoms with E-state index in [2.05, 4.69) is 15.6 Å². The number of methoxy groups -OCH3 is 1. The van der Waals surface area contributed by atoms with E-state index < -0.39 is 33.5 Å². The van der Waals surface area contributed by atoms with Crippen LogP contribution in [-0.4, -0.2) is 55.0 Å². The summed E-state index contributed by atoms with van der Waals surface area (Å²) in [5.41, 5.74) is 5.04. The minimum absolute atomic E-state index is 0.0207. The number of nitrogens with zero attached hydrogens (tertiary/aromatic N) is 1. The van der Waals surface area contributed by atoms with E-state index in [1.165, 1.54) is 0 Å². The summed E-state index contributed by atoms with van der Waals surface area (Å²) in [4.78, 5) is 29.0. The minimum Gasteiger partial charge on any atom is -0.507 e. The Morgan fingerprint density at radius 3 is 2.62 bits per heavy atom. The second-order valence-electron chi connectivity index (χ2n) is 10.2. The van der Waals surface area contributed by atoms with Crippen molar-refractivity contribution < 1.29 is 27.9 Å². The van der Waals surface area contributed by atoms with Crippen molar-refractivity contribution in [2.45, 2.75) is 37.8 Å². The Bertz CT molecular complexity index is 1460. The molecule has 2 aliphatic rings. The third-order valence-corrected chi connectivity index (χ3v) is 8.99. The Labute approximate surface area is 227 Å². The average Bonchev–Trinajstić information content (AvgIpc) is 3.61. The number of fused-ring (bicyclic) bond motifs is 1. The second kappa shape index (κ2) is 11.1. The zero-order chi connectivity index (χ0) is 27.6. The summed E-state index contributed by atoms with van der Waals surface area (Å²) in [6, 6.07) is 13.5. The zero-order valence-electron chi connectivity index (χ0n) is 21.6.